The Hall–Kier alpha value is 0.571. The Labute approximate surface area is 129 Å². The van der Waals surface area contributed by atoms with Crippen molar-refractivity contribution < 1.29 is 8.54 Å². The SMILES string of the molecule is C.C.C.C.CO[Si](C)(C)C.C[Si](C)(C)O[Si](C)(C)C. The average Bonchev–Trinajstić information content (AvgIpc) is 1.78. The van der Waals surface area contributed by atoms with E-state index in [2.05, 4.69) is 58.9 Å². The van der Waals surface area contributed by atoms with Crippen LogP contribution in [0.4, 0.5) is 0 Å². The fraction of sp³-hybridized carbons (Fsp3) is 1.00. The van der Waals surface area contributed by atoms with Crippen LogP contribution in [0.15, 0.2) is 0 Å². The maximum atomic E-state index is 5.90. The highest BCUT2D eigenvalue weighted by molar-refractivity contribution is 6.83. The highest BCUT2D eigenvalue weighted by Gasteiger charge is 2.24. The average molecular weight is 331 g/mol. The molecule has 0 amide bonds. The highest BCUT2D eigenvalue weighted by atomic mass is 28.4. The number of hydrogen-bond acceptors (Lipinski definition) is 2. The molecule has 0 saturated carbocycles. The molecule has 19 heavy (non-hydrogen) atoms. The fourth-order valence-corrected chi connectivity index (χ4v) is 8.27. The van der Waals surface area contributed by atoms with Crippen molar-refractivity contribution in [3.8, 4) is 0 Å². The molecule has 0 saturated heterocycles. The summed E-state index contributed by atoms with van der Waals surface area (Å²) < 4.78 is 11.0. The molecule has 0 unspecified atom stereocenters. The van der Waals surface area contributed by atoms with E-state index in [0.717, 1.165) is 0 Å². The largest absolute Gasteiger partial charge is 0.456 e. The molecule has 0 heterocycles. The van der Waals surface area contributed by atoms with Crippen LogP contribution in [0, 0.1) is 0 Å². The van der Waals surface area contributed by atoms with Gasteiger partial charge in [-0.25, -0.2) is 0 Å². The zero-order valence-electron chi connectivity index (χ0n) is 12.3. The maximum Gasteiger partial charge on any atom is 0.183 e. The molecule has 0 aromatic carbocycles. The van der Waals surface area contributed by atoms with Crippen molar-refractivity contribution in [3.63, 3.8) is 0 Å². The zero-order chi connectivity index (χ0) is 12.9. The molecule has 0 N–H and O–H groups in total. The van der Waals surface area contributed by atoms with Gasteiger partial charge in [0.15, 0.2) is 25.0 Å². The van der Waals surface area contributed by atoms with Gasteiger partial charge in [-0.3, -0.25) is 0 Å². The minimum absolute atomic E-state index is 0. The summed E-state index contributed by atoms with van der Waals surface area (Å²) in [6, 6.07) is 0. The third-order valence-electron chi connectivity index (χ3n) is 1.22. The molecule has 0 bridgehead atoms. The van der Waals surface area contributed by atoms with Crippen LogP contribution in [0.1, 0.15) is 29.7 Å². The van der Waals surface area contributed by atoms with Crippen molar-refractivity contribution in [2.45, 2.75) is 88.6 Å². The van der Waals surface area contributed by atoms with E-state index in [9.17, 15) is 0 Å². The summed E-state index contributed by atoms with van der Waals surface area (Å²) in [5.41, 5.74) is 0. The van der Waals surface area contributed by atoms with E-state index in [0.29, 0.717) is 0 Å². The molecule has 0 aliphatic carbocycles. The van der Waals surface area contributed by atoms with Crippen molar-refractivity contribution >= 4 is 25.0 Å². The molecular formula is C14H46O2Si3. The van der Waals surface area contributed by atoms with E-state index in [1.54, 1.807) is 7.11 Å². The van der Waals surface area contributed by atoms with E-state index in [-0.39, 0.29) is 29.7 Å². The molecule has 0 spiro atoms. The number of hydrogen-bond donors (Lipinski definition) is 0. The van der Waals surface area contributed by atoms with Gasteiger partial charge in [0.05, 0.1) is 0 Å². The topological polar surface area (TPSA) is 18.5 Å². The first-order chi connectivity index (χ1) is 6.27. The van der Waals surface area contributed by atoms with Gasteiger partial charge in [0.25, 0.3) is 0 Å². The van der Waals surface area contributed by atoms with Gasteiger partial charge in [-0.05, 0) is 58.9 Å². The molecule has 0 aliphatic heterocycles. The summed E-state index contributed by atoms with van der Waals surface area (Å²) >= 11 is 0. The summed E-state index contributed by atoms with van der Waals surface area (Å²) in [7, 11) is -1.82. The predicted molar refractivity (Wildman–Crippen MR) is 105 cm³/mol. The molecule has 0 aliphatic rings. The van der Waals surface area contributed by atoms with Crippen molar-refractivity contribution in [1.82, 2.24) is 0 Å². The Morgan fingerprint density at radius 3 is 0.632 bits per heavy atom. The molecule has 0 rings (SSSR count). The molecule has 0 aromatic heterocycles. The minimum atomic E-state index is -1.23. The molecule has 0 aromatic rings. The number of rotatable bonds is 3. The lowest BCUT2D eigenvalue weighted by molar-refractivity contribution is 0.411. The molecule has 0 atom stereocenters. The third-order valence-corrected chi connectivity index (χ3v) is 7.35. The Kier molecular flexibility index (Phi) is 26.1. The quantitative estimate of drug-likeness (QED) is 0.537. The Morgan fingerprint density at radius 2 is 0.632 bits per heavy atom. The summed E-state index contributed by atoms with van der Waals surface area (Å²) in [6.45, 7) is 19.9. The monoisotopic (exact) mass is 330 g/mol. The van der Waals surface area contributed by atoms with Crippen LogP contribution < -0.4 is 0 Å². The summed E-state index contributed by atoms with van der Waals surface area (Å²) in [5, 5.41) is 0. The standard InChI is InChI=1S/C6H18OSi2.C4H12OSi.4CH4/c1-8(2,3)7-9(4,5)6;1-5-6(2,3)4;;;;/h1-6H3;1-4H3;4*1H4. The smallest absolute Gasteiger partial charge is 0.183 e. The van der Waals surface area contributed by atoms with Crippen molar-refractivity contribution in [3.05, 3.63) is 0 Å². The molecular weight excluding hydrogens is 284 g/mol. The minimum Gasteiger partial charge on any atom is -0.456 e. The van der Waals surface area contributed by atoms with Gasteiger partial charge in [0.2, 0.25) is 0 Å². The first kappa shape index (κ1) is 36.6. The first-order valence-electron chi connectivity index (χ1n) is 5.52. The van der Waals surface area contributed by atoms with Crippen LogP contribution in [-0.4, -0.2) is 32.1 Å². The van der Waals surface area contributed by atoms with E-state index < -0.39 is 25.0 Å². The summed E-state index contributed by atoms with van der Waals surface area (Å²) in [6.07, 6.45) is 0. The molecule has 2 nitrogen and oxygen atoms in total. The van der Waals surface area contributed by atoms with Crippen LogP contribution in [0.2, 0.25) is 58.9 Å². The van der Waals surface area contributed by atoms with Gasteiger partial charge in [0.1, 0.15) is 0 Å². The second kappa shape index (κ2) is 13.5. The van der Waals surface area contributed by atoms with Crippen molar-refractivity contribution in [1.29, 1.82) is 0 Å². The maximum absolute atomic E-state index is 5.90. The van der Waals surface area contributed by atoms with Crippen LogP contribution >= 0.6 is 0 Å². The Balaban J connectivity index is -0.0000000385. The third kappa shape index (κ3) is 55.7. The van der Waals surface area contributed by atoms with Gasteiger partial charge >= 0.3 is 0 Å². The van der Waals surface area contributed by atoms with Crippen LogP contribution in [-0.2, 0) is 8.54 Å². The van der Waals surface area contributed by atoms with Gasteiger partial charge < -0.3 is 8.54 Å². The van der Waals surface area contributed by atoms with Gasteiger partial charge in [-0.15, -0.1) is 0 Å². The molecule has 0 fully saturated rings. The van der Waals surface area contributed by atoms with E-state index in [1.807, 2.05) is 0 Å². The Morgan fingerprint density at radius 1 is 0.474 bits per heavy atom. The molecule has 126 valence electrons. The van der Waals surface area contributed by atoms with Crippen LogP contribution in [0.25, 0.3) is 0 Å². The lowest BCUT2D eigenvalue weighted by Crippen LogP contribution is -2.39. The molecule has 5 heteroatoms. The van der Waals surface area contributed by atoms with Gasteiger partial charge in [0, 0.05) is 7.11 Å². The second-order valence-corrected chi connectivity index (χ2v) is 20.5. The lowest BCUT2D eigenvalue weighted by atomic mass is 11.8. The zero-order valence-corrected chi connectivity index (χ0v) is 15.3. The van der Waals surface area contributed by atoms with Gasteiger partial charge in [-0.2, -0.15) is 0 Å². The van der Waals surface area contributed by atoms with E-state index in [1.165, 1.54) is 0 Å². The fourth-order valence-electron chi connectivity index (χ4n) is 0.919. The highest BCUT2D eigenvalue weighted by Crippen LogP contribution is 2.12. The van der Waals surface area contributed by atoms with Crippen LogP contribution in [0.3, 0.4) is 0 Å². The molecule has 0 radical (unpaired) electrons. The second-order valence-electron chi connectivity index (χ2n) is 6.64. The van der Waals surface area contributed by atoms with E-state index >= 15 is 0 Å². The first-order valence-corrected chi connectivity index (χ1v) is 15.7. The normalized spacial score (nSPS) is 10.4. The Bertz CT molecular complexity index is 153. The van der Waals surface area contributed by atoms with Crippen molar-refractivity contribution in [2.75, 3.05) is 7.11 Å². The van der Waals surface area contributed by atoms with Crippen LogP contribution in [0.5, 0.6) is 0 Å². The summed E-state index contributed by atoms with van der Waals surface area (Å²) in [5.74, 6) is 0. The lowest BCUT2D eigenvalue weighted by Gasteiger charge is -2.27. The van der Waals surface area contributed by atoms with E-state index in [4.69, 9.17) is 8.54 Å². The van der Waals surface area contributed by atoms with Gasteiger partial charge in [-0.1, -0.05) is 29.7 Å². The predicted octanol–water partition coefficient (Wildman–Crippen LogP) is 6.68. The summed E-state index contributed by atoms with van der Waals surface area (Å²) in [4.78, 5) is 0. The van der Waals surface area contributed by atoms with Crippen molar-refractivity contribution in [2.24, 2.45) is 0 Å².